The third-order valence-electron chi connectivity index (χ3n) is 9.05. The van der Waals surface area contributed by atoms with E-state index in [1.54, 1.807) is 18.1 Å². The minimum absolute atomic E-state index is 0.121. The van der Waals surface area contributed by atoms with Crippen LogP contribution in [-0.2, 0) is 6.18 Å². The summed E-state index contributed by atoms with van der Waals surface area (Å²) >= 11 is 0. The first-order valence-electron chi connectivity index (χ1n) is 14.4. The van der Waals surface area contributed by atoms with E-state index in [2.05, 4.69) is 6.92 Å². The predicted molar refractivity (Wildman–Crippen MR) is 145 cm³/mol. The van der Waals surface area contributed by atoms with E-state index < -0.39 is 32.2 Å². The van der Waals surface area contributed by atoms with E-state index >= 15 is 0 Å². The Hall–Kier alpha value is -1.69. The molecule has 1 heterocycles. The second-order valence-electron chi connectivity index (χ2n) is 11.6. The molecule has 37 heavy (non-hydrogen) atoms. The van der Waals surface area contributed by atoms with Crippen LogP contribution in [0.3, 0.4) is 0 Å². The van der Waals surface area contributed by atoms with Gasteiger partial charge >= 0.3 is 6.18 Å². The highest BCUT2D eigenvalue weighted by molar-refractivity contribution is 6.58. The number of unbranched alkanes of at least 4 members (excludes halogenated alkanes) is 2. The predicted octanol–water partition coefficient (Wildman–Crippen LogP) is 10.5. The molecular formula is C31H41F5Si. The molecule has 2 aromatic rings. The van der Waals surface area contributed by atoms with Gasteiger partial charge in [0.15, 0.2) is 0 Å². The van der Waals surface area contributed by atoms with Crippen LogP contribution >= 0.6 is 0 Å². The number of halogens is 5. The minimum Gasteiger partial charge on any atom is -0.206 e. The molecule has 0 bridgehead atoms. The van der Waals surface area contributed by atoms with Crippen LogP contribution in [0.4, 0.5) is 22.0 Å². The molecule has 1 saturated heterocycles. The lowest BCUT2D eigenvalue weighted by molar-refractivity contribution is -0.137. The van der Waals surface area contributed by atoms with Gasteiger partial charge in [-0.25, -0.2) is 8.78 Å². The fraction of sp³-hybridized carbons (Fsp3) is 0.613. The van der Waals surface area contributed by atoms with Crippen LogP contribution in [-0.4, -0.2) is 8.80 Å². The Bertz CT molecular complexity index is 961. The number of alkyl halides is 3. The van der Waals surface area contributed by atoms with Crippen molar-refractivity contribution >= 4 is 8.80 Å². The topological polar surface area (TPSA) is 0 Å². The lowest BCUT2D eigenvalue weighted by atomic mass is 9.76. The van der Waals surface area contributed by atoms with Gasteiger partial charge in [0.25, 0.3) is 0 Å². The van der Waals surface area contributed by atoms with Crippen LogP contribution in [0.25, 0.3) is 11.1 Å². The van der Waals surface area contributed by atoms with Crippen LogP contribution in [0.1, 0.15) is 94.6 Å². The molecule has 0 atom stereocenters. The molecule has 2 fully saturated rings. The van der Waals surface area contributed by atoms with Crippen LogP contribution in [0.5, 0.6) is 0 Å². The molecule has 0 unspecified atom stereocenters. The standard InChI is InChI=1S/C31H41F5Si/c1-2-3-4-17-37-18-15-23(16-19-37)6-5-22-7-9-24(10-8-22)26-20-28(32)30(29(33)21-26)25-11-13-27(14-12-25)31(34,35)36/h11-14,20-24,37H,2-10,15-19H2,1H3/t22?,23-,24?,37-. The lowest BCUT2D eigenvalue weighted by Gasteiger charge is -2.32. The van der Waals surface area contributed by atoms with Crippen molar-refractivity contribution in [3.63, 3.8) is 0 Å². The summed E-state index contributed by atoms with van der Waals surface area (Å²) in [5, 5.41) is 0. The van der Waals surface area contributed by atoms with Gasteiger partial charge in [-0.2, -0.15) is 13.2 Å². The average molecular weight is 537 g/mol. The largest absolute Gasteiger partial charge is 0.416 e. The van der Waals surface area contributed by atoms with E-state index in [1.807, 2.05) is 0 Å². The summed E-state index contributed by atoms with van der Waals surface area (Å²) in [5.41, 5.74) is -0.289. The first-order valence-corrected chi connectivity index (χ1v) is 16.9. The van der Waals surface area contributed by atoms with Crippen LogP contribution in [0.15, 0.2) is 36.4 Å². The summed E-state index contributed by atoms with van der Waals surface area (Å²) < 4.78 is 68.4. The highest BCUT2D eigenvalue weighted by Gasteiger charge is 2.31. The Morgan fingerprint density at radius 2 is 1.35 bits per heavy atom. The normalized spacial score (nSPS) is 24.8. The smallest absolute Gasteiger partial charge is 0.206 e. The lowest BCUT2D eigenvalue weighted by Crippen LogP contribution is -2.22. The van der Waals surface area contributed by atoms with Crippen molar-refractivity contribution in [2.45, 2.75) is 108 Å². The summed E-state index contributed by atoms with van der Waals surface area (Å²) in [6.07, 6.45) is 9.32. The summed E-state index contributed by atoms with van der Waals surface area (Å²) in [4.78, 5) is 0. The van der Waals surface area contributed by atoms with E-state index in [9.17, 15) is 22.0 Å². The summed E-state index contributed by atoms with van der Waals surface area (Å²) in [7, 11) is -0.447. The zero-order valence-corrected chi connectivity index (χ0v) is 23.2. The molecule has 6 heteroatoms. The molecule has 2 aliphatic rings. The molecule has 4 rings (SSSR count). The van der Waals surface area contributed by atoms with E-state index in [4.69, 9.17) is 0 Å². The van der Waals surface area contributed by atoms with Gasteiger partial charge in [0.2, 0.25) is 0 Å². The second-order valence-corrected chi connectivity index (χ2v) is 15.1. The quantitative estimate of drug-likeness (QED) is 0.170. The van der Waals surface area contributed by atoms with Crippen LogP contribution < -0.4 is 0 Å². The molecule has 0 aromatic heterocycles. The SMILES string of the molecule is CCCCC[Si@H]1CC[C@H](CCC2CCC(c3cc(F)c(-c4ccc(C(F)(F)F)cc4)c(F)c3)CC2)CC1. The first-order chi connectivity index (χ1) is 17.7. The van der Waals surface area contributed by atoms with Crippen molar-refractivity contribution in [3.8, 4) is 11.1 Å². The fourth-order valence-electron chi connectivity index (χ4n) is 6.68. The number of rotatable bonds is 9. The van der Waals surface area contributed by atoms with Crippen molar-refractivity contribution in [1.82, 2.24) is 0 Å². The zero-order chi connectivity index (χ0) is 26.4. The molecule has 0 amide bonds. The van der Waals surface area contributed by atoms with Gasteiger partial charge in [-0.1, -0.05) is 82.1 Å². The van der Waals surface area contributed by atoms with Gasteiger partial charge in [-0.05, 0) is 78.8 Å². The monoisotopic (exact) mass is 536 g/mol. The van der Waals surface area contributed by atoms with Crippen molar-refractivity contribution < 1.29 is 22.0 Å². The van der Waals surface area contributed by atoms with Crippen LogP contribution in [0, 0.1) is 23.5 Å². The molecule has 1 aliphatic carbocycles. The van der Waals surface area contributed by atoms with Crippen LogP contribution in [0.2, 0.25) is 18.1 Å². The van der Waals surface area contributed by atoms with E-state index in [0.717, 1.165) is 61.8 Å². The third kappa shape index (κ3) is 7.67. The molecule has 1 saturated carbocycles. The van der Waals surface area contributed by atoms with Crippen molar-refractivity contribution in [1.29, 1.82) is 0 Å². The molecule has 0 N–H and O–H groups in total. The van der Waals surface area contributed by atoms with Crippen molar-refractivity contribution in [2.75, 3.05) is 0 Å². The van der Waals surface area contributed by atoms with Gasteiger partial charge in [0.05, 0.1) is 11.1 Å². The Balaban J connectivity index is 1.26. The highest BCUT2D eigenvalue weighted by Crippen LogP contribution is 2.41. The molecule has 0 spiro atoms. The van der Waals surface area contributed by atoms with Crippen molar-refractivity contribution in [3.05, 3.63) is 59.2 Å². The Kier molecular flexibility index (Phi) is 9.88. The maximum absolute atomic E-state index is 14.9. The molecule has 1 aliphatic heterocycles. The Morgan fingerprint density at radius 3 is 1.89 bits per heavy atom. The summed E-state index contributed by atoms with van der Waals surface area (Å²) in [6, 6.07) is 11.4. The maximum atomic E-state index is 14.9. The summed E-state index contributed by atoms with van der Waals surface area (Å²) in [6.45, 7) is 2.28. The van der Waals surface area contributed by atoms with E-state index in [-0.39, 0.29) is 17.0 Å². The number of hydrogen-bond donors (Lipinski definition) is 0. The van der Waals surface area contributed by atoms with Gasteiger partial charge in [0, 0.05) is 8.80 Å². The zero-order valence-electron chi connectivity index (χ0n) is 22.1. The Labute approximate surface area is 220 Å². The summed E-state index contributed by atoms with van der Waals surface area (Å²) in [5.74, 6) is 0.369. The van der Waals surface area contributed by atoms with E-state index in [0.29, 0.717) is 5.56 Å². The van der Waals surface area contributed by atoms with Gasteiger partial charge in [-0.15, -0.1) is 0 Å². The molecular weight excluding hydrogens is 495 g/mol. The molecule has 0 radical (unpaired) electrons. The second kappa shape index (κ2) is 12.9. The molecule has 204 valence electrons. The Morgan fingerprint density at radius 1 is 0.784 bits per heavy atom. The van der Waals surface area contributed by atoms with Gasteiger partial charge in [0.1, 0.15) is 11.6 Å². The van der Waals surface area contributed by atoms with Gasteiger partial charge in [-0.3, -0.25) is 0 Å². The van der Waals surface area contributed by atoms with Crippen molar-refractivity contribution in [2.24, 2.45) is 11.8 Å². The average Bonchev–Trinajstić information content (AvgIpc) is 2.88. The number of hydrogen-bond acceptors (Lipinski definition) is 0. The molecule has 2 aromatic carbocycles. The molecule has 0 nitrogen and oxygen atoms in total. The fourth-order valence-corrected chi connectivity index (χ4v) is 10.3. The van der Waals surface area contributed by atoms with Gasteiger partial charge < -0.3 is 0 Å². The van der Waals surface area contributed by atoms with E-state index in [1.165, 1.54) is 57.1 Å². The first kappa shape index (κ1) is 28.3. The minimum atomic E-state index is -4.48. The third-order valence-corrected chi connectivity index (χ3v) is 12.6. The maximum Gasteiger partial charge on any atom is 0.416 e. The number of benzene rings is 2. The highest BCUT2D eigenvalue weighted by atomic mass is 28.3.